The Morgan fingerprint density at radius 2 is 1.73 bits per heavy atom. The van der Waals surface area contributed by atoms with Gasteiger partial charge in [-0.25, -0.2) is 0 Å². The van der Waals surface area contributed by atoms with Gasteiger partial charge in [0.2, 0.25) is 6.29 Å². The molecule has 0 bridgehead atoms. The van der Waals surface area contributed by atoms with Gasteiger partial charge in [0.15, 0.2) is 0 Å². The zero-order valence-electron chi connectivity index (χ0n) is 11.9. The lowest BCUT2D eigenvalue weighted by Crippen LogP contribution is -2.17. The van der Waals surface area contributed by atoms with Crippen LogP contribution in [0.4, 0.5) is 13.2 Å². The van der Waals surface area contributed by atoms with E-state index in [1.165, 1.54) is 38.6 Å². The molecular weight excluding hydrogens is 299 g/mol. The predicted molar refractivity (Wildman–Crippen MR) is 73.1 cm³/mol. The minimum atomic E-state index is -4.72. The number of hydrogen-bond acceptors (Lipinski definition) is 4. The second-order valence-electron chi connectivity index (χ2n) is 4.35. The fourth-order valence-electron chi connectivity index (χ4n) is 1.93. The Balaban J connectivity index is 2.23. The molecule has 0 amide bonds. The maximum atomic E-state index is 12.2. The van der Waals surface area contributed by atoms with Crippen molar-refractivity contribution in [1.82, 2.24) is 4.98 Å². The zero-order valence-corrected chi connectivity index (χ0v) is 11.9. The third-order valence-corrected chi connectivity index (χ3v) is 2.86. The summed E-state index contributed by atoms with van der Waals surface area (Å²) in [6.07, 6.45) is -3.77. The van der Waals surface area contributed by atoms with E-state index in [0.717, 1.165) is 0 Å². The van der Waals surface area contributed by atoms with Crippen LogP contribution in [-0.2, 0) is 9.47 Å². The van der Waals surface area contributed by atoms with Gasteiger partial charge in [-0.3, -0.25) is 4.98 Å². The van der Waals surface area contributed by atoms with Crippen molar-refractivity contribution in [2.24, 2.45) is 0 Å². The van der Waals surface area contributed by atoms with E-state index in [4.69, 9.17) is 9.47 Å². The molecule has 4 nitrogen and oxygen atoms in total. The number of nitrogens with zero attached hydrogens (tertiary/aromatic N) is 1. The van der Waals surface area contributed by atoms with Crippen molar-refractivity contribution in [2.75, 3.05) is 14.2 Å². The van der Waals surface area contributed by atoms with Crippen LogP contribution in [0.25, 0.3) is 11.1 Å². The van der Waals surface area contributed by atoms with Crippen LogP contribution < -0.4 is 4.74 Å². The second-order valence-corrected chi connectivity index (χ2v) is 4.35. The molecule has 0 saturated carbocycles. The number of rotatable bonds is 5. The molecule has 0 atom stereocenters. The van der Waals surface area contributed by atoms with Gasteiger partial charge in [0, 0.05) is 26.0 Å². The van der Waals surface area contributed by atoms with Gasteiger partial charge < -0.3 is 14.2 Å². The maximum absolute atomic E-state index is 12.2. The van der Waals surface area contributed by atoms with Crippen LogP contribution in [0.3, 0.4) is 0 Å². The molecule has 0 aliphatic heterocycles. The summed E-state index contributed by atoms with van der Waals surface area (Å²) in [4.78, 5) is 4.19. The molecule has 118 valence electrons. The smallest absolute Gasteiger partial charge is 0.406 e. The molecule has 0 N–H and O–H groups in total. The summed E-state index contributed by atoms with van der Waals surface area (Å²) in [5.41, 5.74) is 1.78. The Labute approximate surface area is 125 Å². The van der Waals surface area contributed by atoms with E-state index in [9.17, 15) is 13.2 Å². The Morgan fingerprint density at radius 3 is 2.27 bits per heavy atom. The summed E-state index contributed by atoms with van der Waals surface area (Å²) in [5, 5.41) is 0. The maximum Gasteiger partial charge on any atom is 0.573 e. The summed E-state index contributed by atoms with van der Waals surface area (Å²) in [6, 6.07) is 9.10. The van der Waals surface area contributed by atoms with Crippen LogP contribution in [0.5, 0.6) is 5.75 Å². The highest BCUT2D eigenvalue weighted by atomic mass is 19.4. The van der Waals surface area contributed by atoms with Crippen molar-refractivity contribution in [1.29, 1.82) is 0 Å². The number of pyridine rings is 1. The number of methoxy groups -OCH3 is 2. The van der Waals surface area contributed by atoms with E-state index in [1.54, 1.807) is 18.2 Å². The van der Waals surface area contributed by atoms with E-state index < -0.39 is 12.7 Å². The first-order valence-corrected chi connectivity index (χ1v) is 6.30. The highest BCUT2D eigenvalue weighted by Crippen LogP contribution is 2.28. The van der Waals surface area contributed by atoms with Crippen LogP contribution in [-0.4, -0.2) is 25.6 Å². The SMILES string of the molecule is COC(OC)c1ccc(-c2cccc(OC(F)(F)F)c2)cn1. The Kier molecular flexibility index (Phi) is 4.99. The first-order chi connectivity index (χ1) is 10.4. The minimum absolute atomic E-state index is 0.277. The van der Waals surface area contributed by atoms with E-state index in [2.05, 4.69) is 9.72 Å². The van der Waals surface area contributed by atoms with Gasteiger partial charge in [0.1, 0.15) is 5.75 Å². The fraction of sp³-hybridized carbons (Fsp3) is 0.267. The number of halogens is 3. The highest BCUT2D eigenvalue weighted by Gasteiger charge is 2.31. The predicted octanol–water partition coefficient (Wildman–Crippen LogP) is 3.94. The summed E-state index contributed by atoms with van der Waals surface area (Å²) in [5.74, 6) is -0.277. The van der Waals surface area contributed by atoms with Gasteiger partial charge in [-0.1, -0.05) is 18.2 Å². The number of hydrogen-bond donors (Lipinski definition) is 0. The first kappa shape index (κ1) is 16.3. The first-order valence-electron chi connectivity index (χ1n) is 6.30. The van der Waals surface area contributed by atoms with Crippen LogP contribution in [0.15, 0.2) is 42.6 Å². The molecule has 1 aromatic heterocycles. The largest absolute Gasteiger partial charge is 0.573 e. The Morgan fingerprint density at radius 1 is 1.00 bits per heavy atom. The molecule has 0 aliphatic rings. The standard InChI is InChI=1S/C15H14F3NO3/c1-20-14(21-2)13-7-6-11(9-19-13)10-4-3-5-12(8-10)22-15(16,17)18/h3-9,14H,1-2H3. The number of aromatic nitrogens is 1. The average molecular weight is 313 g/mol. The fourth-order valence-corrected chi connectivity index (χ4v) is 1.93. The van der Waals surface area contributed by atoms with E-state index in [1.807, 2.05) is 0 Å². The summed E-state index contributed by atoms with van der Waals surface area (Å²) < 4.78 is 50.7. The van der Waals surface area contributed by atoms with Crippen molar-refractivity contribution < 1.29 is 27.4 Å². The molecular formula is C15H14F3NO3. The molecule has 2 aromatic rings. The third kappa shape index (κ3) is 4.19. The van der Waals surface area contributed by atoms with Gasteiger partial charge in [-0.15, -0.1) is 13.2 Å². The van der Waals surface area contributed by atoms with Crippen molar-refractivity contribution in [3.8, 4) is 16.9 Å². The molecule has 0 saturated heterocycles. The quantitative estimate of drug-likeness (QED) is 0.784. The molecule has 1 aromatic carbocycles. The number of benzene rings is 1. The van der Waals surface area contributed by atoms with Gasteiger partial charge in [0.05, 0.1) is 5.69 Å². The second kappa shape index (κ2) is 6.76. The van der Waals surface area contributed by atoms with Crippen molar-refractivity contribution in [3.63, 3.8) is 0 Å². The lowest BCUT2D eigenvalue weighted by atomic mass is 10.1. The van der Waals surface area contributed by atoms with Gasteiger partial charge >= 0.3 is 6.36 Å². The van der Waals surface area contributed by atoms with Crippen LogP contribution in [0.2, 0.25) is 0 Å². The van der Waals surface area contributed by atoms with Crippen LogP contribution in [0, 0.1) is 0 Å². The van der Waals surface area contributed by atoms with Gasteiger partial charge in [-0.2, -0.15) is 0 Å². The monoisotopic (exact) mass is 313 g/mol. The average Bonchev–Trinajstić information content (AvgIpc) is 2.48. The van der Waals surface area contributed by atoms with Crippen molar-refractivity contribution >= 4 is 0 Å². The summed E-state index contributed by atoms with van der Waals surface area (Å²) in [7, 11) is 2.98. The molecule has 0 unspecified atom stereocenters. The molecule has 0 radical (unpaired) electrons. The molecule has 7 heteroatoms. The van der Waals surface area contributed by atoms with E-state index >= 15 is 0 Å². The molecule has 0 aliphatic carbocycles. The van der Waals surface area contributed by atoms with Crippen molar-refractivity contribution in [3.05, 3.63) is 48.3 Å². The molecule has 0 spiro atoms. The molecule has 1 heterocycles. The molecule has 22 heavy (non-hydrogen) atoms. The highest BCUT2D eigenvalue weighted by molar-refractivity contribution is 5.64. The Hall–Kier alpha value is -2.12. The lowest BCUT2D eigenvalue weighted by molar-refractivity contribution is -0.274. The molecule has 2 rings (SSSR count). The number of ether oxygens (including phenoxy) is 3. The summed E-state index contributed by atoms with van der Waals surface area (Å²) >= 11 is 0. The zero-order chi connectivity index (χ0) is 16.2. The number of alkyl halides is 3. The topological polar surface area (TPSA) is 40.6 Å². The lowest BCUT2D eigenvalue weighted by Gasteiger charge is -2.13. The Bertz CT molecular complexity index is 610. The minimum Gasteiger partial charge on any atom is -0.406 e. The van der Waals surface area contributed by atoms with Crippen molar-refractivity contribution in [2.45, 2.75) is 12.7 Å². The van der Waals surface area contributed by atoms with Gasteiger partial charge in [-0.05, 0) is 23.8 Å². The summed E-state index contributed by atoms with van der Waals surface area (Å²) in [6.45, 7) is 0. The molecule has 0 fully saturated rings. The normalized spacial score (nSPS) is 11.7. The van der Waals surface area contributed by atoms with Crippen LogP contribution in [0.1, 0.15) is 12.0 Å². The van der Waals surface area contributed by atoms with E-state index in [-0.39, 0.29) is 5.75 Å². The third-order valence-electron chi connectivity index (χ3n) is 2.86. The van der Waals surface area contributed by atoms with Crippen LogP contribution >= 0.6 is 0 Å². The van der Waals surface area contributed by atoms with E-state index in [0.29, 0.717) is 16.8 Å². The van der Waals surface area contributed by atoms with Gasteiger partial charge in [0.25, 0.3) is 0 Å².